The van der Waals surface area contributed by atoms with Crippen molar-refractivity contribution in [3.8, 4) is 17.2 Å². The van der Waals surface area contributed by atoms with E-state index in [1.807, 2.05) is 12.1 Å². The van der Waals surface area contributed by atoms with Crippen LogP contribution in [0, 0.1) is 0 Å². The summed E-state index contributed by atoms with van der Waals surface area (Å²) in [6.45, 7) is 0. The fraction of sp³-hybridized carbons (Fsp3) is 0.0769. The van der Waals surface area contributed by atoms with Gasteiger partial charge in [-0.1, -0.05) is 24.3 Å². The summed E-state index contributed by atoms with van der Waals surface area (Å²) in [5, 5.41) is 19.9. The number of para-hydroxylation sites is 1. The van der Waals surface area contributed by atoms with Crippen LogP contribution in [-0.4, -0.2) is 10.2 Å². The van der Waals surface area contributed by atoms with Crippen LogP contribution in [0.25, 0.3) is 0 Å². The van der Waals surface area contributed by atoms with E-state index >= 15 is 0 Å². The number of rotatable bonds is 0. The number of phenols is 1. The van der Waals surface area contributed by atoms with E-state index in [1.165, 1.54) is 0 Å². The number of phenolic OH excluding ortho intramolecular Hbond substituents is 1. The zero-order chi connectivity index (χ0) is 11.1. The minimum absolute atomic E-state index is 0.0551. The molecule has 80 valence electrons. The Morgan fingerprint density at radius 1 is 0.938 bits per heavy atom. The van der Waals surface area contributed by atoms with Crippen molar-refractivity contribution in [3.05, 3.63) is 53.6 Å². The second-order valence-corrected chi connectivity index (χ2v) is 3.73. The van der Waals surface area contributed by atoms with Gasteiger partial charge in [0.05, 0.1) is 5.56 Å². The molecule has 0 fully saturated rings. The average molecular weight is 214 g/mol. The molecular formula is C13H10O3. The fourth-order valence-electron chi connectivity index (χ4n) is 1.97. The first-order chi connectivity index (χ1) is 7.77. The SMILES string of the molecule is Oc1cccc2c1C(O)c1ccccc1O2. The zero-order valence-corrected chi connectivity index (χ0v) is 8.42. The number of ether oxygens (including phenoxy) is 1. The highest BCUT2D eigenvalue weighted by Gasteiger charge is 2.27. The molecule has 1 unspecified atom stereocenters. The molecule has 0 bridgehead atoms. The van der Waals surface area contributed by atoms with Crippen LogP contribution >= 0.6 is 0 Å². The van der Waals surface area contributed by atoms with Gasteiger partial charge in [-0.2, -0.15) is 0 Å². The highest BCUT2D eigenvalue weighted by Crippen LogP contribution is 2.45. The molecule has 0 aliphatic carbocycles. The summed E-state index contributed by atoms with van der Waals surface area (Å²) < 4.78 is 5.61. The van der Waals surface area contributed by atoms with Crippen LogP contribution in [0.1, 0.15) is 17.2 Å². The quantitative estimate of drug-likeness (QED) is 0.708. The van der Waals surface area contributed by atoms with Crippen molar-refractivity contribution in [1.29, 1.82) is 0 Å². The van der Waals surface area contributed by atoms with E-state index in [-0.39, 0.29) is 5.75 Å². The maximum absolute atomic E-state index is 10.2. The molecule has 1 atom stereocenters. The second kappa shape index (κ2) is 3.25. The second-order valence-electron chi connectivity index (χ2n) is 3.73. The first-order valence-corrected chi connectivity index (χ1v) is 5.04. The lowest BCUT2D eigenvalue weighted by atomic mass is 9.96. The Kier molecular flexibility index (Phi) is 1.88. The van der Waals surface area contributed by atoms with E-state index in [9.17, 15) is 10.2 Å². The van der Waals surface area contributed by atoms with Crippen molar-refractivity contribution in [2.45, 2.75) is 6.10 Å². The van der Waals surface area contributed by atoms with Crippen LogP contribution in [0.15, 0.2) is 42.5 Å². The van der Waals surface area contributed by atoms with Crippen molar-refractivity contribution in [1.82, 2.24) is 0 Å². The molecule has 2 aromatic carbocycles. The minimum Gasteiger partial charge on any atom is -0.507 e. The summed E-state index contributed by atoms with van der Waals surface area (Å²) >= 11 is 0. The van der Waals surface area contributed by atoms with E-state index < -0.39 is 6.10 Å². The number of hydrogen-bond donors (Lipinski definition) is 2. The predicted molar refractivity (Wildman–Crippen MR) is 58.7 cm³/mol. The van der Waals surface area contributed by atoms with Crippen LogP contribution in [0.4, 0.5) is 0 Å². The fourth-order valence-corrected chi connectivity index (χ4v) is 1.97. The Bertz CT molecular complexity index is 549. The Labute approximate surface area is 92.5 Å². The Morgan fingerprint density at radius 2 is 1.69 bits per heavy atom. The zero-order valence-electron chi connectivity index (χ0n) is 8.42. The molecule has 3 rings (SSSR count). The maximum Gasteiger partial charge on any atom is 0.137 e. The van der Waals surface area contributed by atoms with Crippen LogP contribution in [0.5, 0.6) is 17.2 Å². The van der Waals surface area contributed by atoms with Gasteiger partial charge in [-0.3, -0.25) is 0 Å². The van der Waals surface area contributed by atoms with Crippen LogP contribution in [0.2, 0.25) is 0 Å². The molecular weight excluding hydrogens is 204 g/mol. The van der Waals surface area contributed by atoms with Gasteiger partial charge in [-0.05, 0) is 18.2 Å². The molecule has 2 aromatic rings. The molecule has 1 heterocycles. The van der Waals surface area contributed by atoms with Gasteiger partial charge in [0.15, 0.2) is 0 Å². The van der Waals surface area contributed by atoms with E-state index in [1.54, 1.807) is 30.3 Å². The van der Waals surface area contributed by atoms with Crippen molar-refractivity contribution < 1.29 is 14.9 Å². The molecule has 0 saturated heterocycles. The van der Waals surface area contributed by atoms with Crippen LogP contribution in [0.3, 0.4) is 0 Å². The van der Waals surface area contributed by atoms with E-state index in [0.717, 1.165) is 0 Å². The largest absolute Gasteiger partial charge is 0.507 e. The Hall–Kier alpha value is -2.00. The lowest BCUT2D eigenvalue weighted by molar-refractivity contribution is 0.198. The normalized spacial score (nSPS) is 17.2. The Balaban J connectivity index is 2.23. The molecule has 3 heteroatoms. The van der Waals surface area contributed by atoms with Crippen LogP contribution < -0.4 is 4.74 Å². The highest BCUT2D eigenvalue weighted by atomic mass is 16.5. The van der Waals surface area contributed by atoms with Crippen LogP contribution in [-0.2, 0) is 0 Å². The number of benzene rings is 2. The predicted octanol–water partition coefficient (Wildman–Crippen LogP) is 2.58. The lowest BCUT2D eigenvalue weighted by Crippen LogP contribution is -2.09. The van der Waals surface area contributed by atoms with E-state index in [2.05, 4.69) is 0 Å². The number of fused-ring (bicyclic) bond motifs is 2. The number of aliphatic hydroxyl groups excluding tert-OH is 1. The highest BCUT2D eigenvalue weighted by molar-refractivity contribution is 5.56. The molecule has 16 heavy (non-hydrogen) atoms. The molecule has 1 aliphatic rings. The van der Waals surface area contributed by atoms with Crippen molar-refractivity contribution >= 4 is 0 Å². The number of aromatic hydroxyl groups is 1. The first-order valence-electron chi connectivity index (χ1n) is 5.04. The van der Waals surface area contributed by atoms with Gasteiger partial charge in [0.1, 0.15) is 23.4 Å². The summed E-state index contributed by atoms with van der Waals surface area (Å²) in [5.74, 6) is 1.19. The van der Waals surface area contributed by atoms with Crippen molar-refractivity contribution in [2.75, 3.05) is 0 Å². The molecule has 0 aromatic heterocycles. The molecule has 0 radical (unpaired) electrons. The van der Waals surface area contributed by atoms with Gasteiger partial charge in [0.25, 0.3) is 0 Å². The molecule has 2 N–H and O–H groups in total. The third-order valence-electron chi connectivity index (χ3n) is 2.75. The van der Waals surface area contributed by atoms with Gasteiger partial charge in [-0.15, -0.1) is 0 Å². The van der Waals surface area contributed by atoms with Gasteiger partial charge in [-0.25, -0.2) is 0 Å². The lowest BCUT2D eigenvalue weighted by Gasteiger charge is -2.25. The minimum atomic E-state index is -0.832. The summed E-state index contributed by atoms with van der Waals surface area (Å²) in [5.41, 5.74) is 1.11. The molecule has 0 amide bonds. The summed E-state index contributed by atoms with van der Waals surface area (Å²) in [7, 11) is 0. The third-order valence-corrected chi connectivity index (χ3v) is 2.75. The van der Waals surface area contributed by atoms with Gasteiger partial charge < -0.3 is 14.9 Å². The van der Waals surface area contributed by atoms with Gasteiger partial charge in [0, 0.05) is 5.56 Å². The Morgan fingerprint density at radius 3 is 2.56 bits per heavy atom. The third kappa shape index (κ3) is 1.19. The standard InChI is InChI=1S/C13H10O3/c14-9-5-3-7-11-12(9)13(15)8-4-1-2-6-10(8)16-11/h1-7,13-15H. The molecule has 3 nitrogen and oxygen atoms in total. The van der Waals surface area contributed by atoms with E-state index in [4.69, 9.17) is 4.74 Å². The van der Waals surface area contributed by atoms with Gasteiger partial charge >= 0.3 is 0 Å². The molecule has 1 aliphatic heterocycles. The van der Waals surface area contributed by atoms with Crippen molar-refractivity contribution in [3.63, 3.8) is 0 Å². The smallest absolute Gasteiger partial charge is 0.137 e. The summed E-state index contributed by atoms with van der Waals surface area (Å²) in [6.07, 6.45) is -0.832. The number of aliphatic hydroxyl groups is 1. The number of hydrogen-bond acceptors (Lipinski definition) is 3. The monoisotopic (exact) mass is 214 g/mol. The maximum atomic E-state index is 10.2. The van der Waals surface area contributed by atoms with Crippen molar-refractivity contribution in [2.24, 2.45) is 0 Å². The first kappa shape index (κ1) is 9.24. The van der Waals surface area contributed by atoms with Gasteiger partial charge in [0.2, 0.25) is 0 Å². The van der Waals surface area contributed by atoms with E-state index in [0.29, 0.717) is 22.6 Å². The average Bonchev–Trinajstić information content (AvgIpc) is 2.29. The summed E-state index contributed by atoms with van der Waals surface area (Å²) in [6, 6.07) is 12.2. The molecule has 0 spiro atoms. The topological polar surface area (TPSA) is 49.7 Å². The molecule has 0 saturated carbocycles. The summed E-state index contributed by atoms with van der Waals surface area (Å²) in [4.78, 5) is 0.